The molecule has 162 valence electrons. The lowest BCUT2D eigenvalue weighted by molar-refractivity contribution is 0.0746. The van der Waals surface area contributed by atoms with Gasteiger partial charge in [-0.1, -0.05) is 23.2 Å². The second-order valence-corrected chi connectivity index (χ2v) is 11.1. The van der Waals surface area contributed by atoms with Gasteiger partial charge in [-0.2, -0.15) is 5.10 Å². The lowest BCUT2D eigenvalue weighted by atomic mass is 10.1. The summed E-state index contributed by atoms with van der Waals surface area (Å²) in [7, 11) is -2.98. The van der Waals surface area contributed by atoms with E-state index in [9.17, 15) is 13.2 Å². The molecule has 4 rings (SSSR count). The van der Waals surface area contributed by atoms with E-state index < -0.39 is 9.84 Å². The molecule has 2 aliphatic heterocycles. The van der Waals surface area contributed by atoms with Gasteiger partial charge < -0.3 is 9.80 Å². The highest BCUT2D eigenvalue weighted by Crippen LogP contribution is 2.32. The zero-order chi connectivity index (χ0) is 21.6. The van der Waals surface area contributed by atoms with Crippen molar-refractivity contribution in [1.82, 2.24) is 14.7 Å². The molecule has 3 heterocycles. The maximum absolute atomic E-state index is 12.8. The quantitative estimate of drug-likeness (QED) is 0.688. The molecule has 0 spiro atoms. The fourth-order valence-corrected chi connectivity index (χ4v) is 6.65. The van der Waals surface area contributed by atoms with E-state index in [1.807, 2.05) is 18.5 Å². The molecule has 2 saturated heterocycles. The Hall–Kier alpha value is -1.77. The third-order valence-corrected chi connectivity index (χ3v) is 8.02. The van der Waals surface area contributed by atoms with E-state index in [1.54, 1.807) is 23.1 Å². The lowest BCUT2D eigenvalue weighted by Crippen LogP contribution is -2.49. The van der Waals surface area contributed by atoms with Gasteiger partial charge in [-0.15, -0.1) is 0 Å². The van der Waals surface area contributed by atoms with Crippen LogP contribution in [0.5, 0.6) is 0 Å². The summed E-state index contributed by atoms with van der Waals surface area (Å²) in [6.07, 6.45) is 0.605. The molecule has 30 heavy (non-hydrogen) atoms. The first-order valence-corrected chi connectivity index (χ1v) is 12.5. The van der Waals surface area contributed by atoms with Crippen molar-refractivity contribution in [3.05, 3.63) is 45.2 Å². The van der Waals surface area contributed by atoms with Crippen molar-refractivity contribution in [2.45, 2.75) is 26.3 Å². The molecule has 0 radical (unpaired) electrons. The number of carbonyl (C=O) groups is 1. The first kappa shape index (κ1) is 21.5. The molecular formula is C20H24Cl2N4O3S. The average molecular weight is 471 g/mol. The molecule has 1 aromatic heterocycles. The lowest BCUT2D eigenvalue weighted by Gasteiger charge is -2.36. The van der Waals surface area contributed by atoms with Crippen LogP contribution in [0.1, 0.15) is 34.2 Å². The van der Waals surface area contributed by atoms with Gasteiger partial charge in [0.1, 0.15) is 0 Å². The van der Waals surface area contributed by atoms with Gasteiger partial charge in [0.15, 0.2) is 9.84 Å². The molecule has 2 fully saturated rings. The summed E-state index contributed by atoms with van der Waals surface area (Å²) in [5.74, 6) is 0.290. The van der Waals surface area contributed by atoms with Crippen molar-refractivity contribution in [3.63, 3.8) is 0 Å². The minimum Gasteiger partial charge on any atom is -0.365 e. The van der Waals surface area contributed by atoms with Crippen LogP contribution in [0.25, 0.3) is 0 Å². The fourth-order valence-electron chi connectivity index (χ4n) is 4.43. The van der Waals surface area contributed by atoms with Gasteiger partial charge in [-0.05, 0) is 38.5 Å². The van der Waals surface area contributed by atoms with Crippen LogP contribution in [0.3, 0.4) is 0 Å². The number of aromatic nitrogens is 2. The summed E-state index contributed by atoms with van der Waals surface area (Å²) in [5, 5.41) is 5.54. The summed E-state index contributed by atoms with van der Waals surface area (Å²) in [6.45, 7) is 6.45. The molecule has 7 nitrogen and oxygen atoms in total. The van der Waals surface area contributed by atoms with Crippen LogP contribution in [-0.2, 0) is 9.84 Å². The van der Waals surface area contributed by atoms with Gasteiger partial charge in [0.25, 0.3) is 5.91 Å². The van der Waals surface area contributed by atoms with Crippen molar-refractivity contribution in [1.29, 1.82) is 0 Å². The topological polar surface area (TPSA) is 75.5 Å². The Labute approximate surface area is 186 Å². The monoisotopic (exact) mass is 470 g/mol. The molecule has 0 N–H and O–H groups in total. The van der Waals surface area contributed by atoms with Crippen molar-refractivity contribution in [2.75, 3.05) is 42.6 Å². The number of anilines is 1. The number of nitrogens with zero attached hydrogens (tertiary/aromatic N) is 4. The summed E-state index contributed by atoms with van der Waals surface area (Å²) >= 11 is 12.1. The van der Waals surface area contributed by atoms with E-state index in [4.69, 9.17) is 23.2 Å². The first-order valence-electron chi connectivity index (χ1n) is 9.91. The Balaban J connectivity index is 1.47. The molecule has 2 aromatic rings. The second-order valence-electron chi connectivity index (χ2n) is 7.96. The molecule has 1 unspecified atom stereocenters. The van der Waals surface area contributed by atoms with Gasteiger partial charge in [0.05, 0.1) is 34.6 Å². The number of hydrogen-bond donors (Lipinski definition) is 0. The van der Waals surface area contributed by atoms with Gasteiger partial charge >= 0.3 is 0 Å². The summed E-state index contributed by atoms with van der Waals surface area (Å²) in [4.78, 5) is 16.9. The van der Waals surface area contributed by atoms with Gasteiger partial charge in [0.2, 0.25) is 0 Å². The SMILES string of the molecule is Cc1nn(C2CCS(=O)(=O)C2)c(C)c1N1CCN(C(=O)c2cc(Cl)cc(Cl)c2)CC1. The van der Waals surface area contributed by atoms with Crippen LogP contribution in [0.2, 0.25) is 10.0 Å². The molecule has 0 saturated carbocycles. The maximum Gasteiger partial charge on any atom is 0.254 e. The Kier molecular flexibility index (Phi) is 5.76. The number of benzene rings is 1. The van der Waals surface area contributed by atoms with Gasteiger partial charge in [0, 0.05) is 41.8 Å². The van der Waals surface area contributed by atoms with E-state index in [1.165, 1.54) is 0 Å². The Morgan fingerprint density at radius 1 is 1.07 bits per heavy atom. The number of piperazine rings is 1. The van der Waals surface area contributed by atoms with Crippen LogP contribution >= 0.6 is 23.2 Å². The number of rotatable bonds is 3. The van der Waals surface area contributed by atoms with Crippen LogP contribution < -0.4 is 4.90 Å². The summed E-state index contributed by atoms with van der Waals surface area (Å²) in [6, 6.07) is 4.78. The highest BCUT2D eigenvalue weighted by atomic mass is 35.5. The number of aryl methyl sites for hydroxylation is 1. The Bertz CT molecular complexity index is 1070. The third-order valence-electron chi connectivity index (χ3n) is 5.83. The van der Waals surface area contributed by atoms with Crippen molar-refractivity contribution >= 4 is 44.6 Å². The molecule has 1 aromatic carbocycles. The smallest absolute Gasteiger partial charge is 0.254 e. The fraction of sp³-hybridized carbons (Fsp3) is 0.500. The third kappa shape index (κ3) is 4.18. The minimum absolute atomic E-state index is 0.0839. The van der Waals surface area contributed by atoms with Crippen LogP contribution in [0.15, 0.2) is 18.2 Å². The second kappa shape index (κ2) is 8.05. The molecule has 10 heteroatoms. The number of carbonyl (C=O) groups excluding carboxylic acids is 1. The normalized spacial score (nSPS) is 21.3. The van der Waals surface area contributed by atoms with Gasteiger partial charge in [-0.3, -0.25) is 9.48 Å². The van der Waals surface area contributed by atoms with E-state index >= 15 is 0 Å². The molecular weight excluding hydrogens is 447 g/mol. The van der Waals surface area contributed by atoms with Crippen molar-refractivity contribution in [3.8, 4) is 0 Å². The van der Waals surface area contributed by atoms with E-state index in [-0.39, 0.29) is 23.5 Å². The highest BCUT2D eigenvalue weighted by molar-refractivity contribution is 7.91. The number of halogens is 2. The van der Waals surface area contributed by atoms with Crippen LogP contribution in [0.4, 0.5) is 5.69 Å². The molecule has 0 bridgehead atoms. The molecule has 2 aliphatic rings. The molecule has 1 atom stereocenters. The largest absolute Gasteiger partial charge is 0.365 e. The minimum atomic E-state index is -2.98. The Morgan fingerprint density at radius 3 is 2.27 bits per heavy atom. The molecule has 1 amide bonds. The highest BCUT2D eigenvalue weighted by Gasteiger charge is 2.33. The summed E-state index contributed by atoms with van der Waals surface area (Å²) in [5.41, 5.74) is 3.40. The summed E-state index contributed by atoms with van der Waals surface area (Å²) < 4.78 is 25.6. The standard InChI is InChI=1S/C20H24Cl2N4O3S/c1-13-19(14(2)26(23-13)18-3-8-30(28,29)12-18)24-4-6-25(7-5-24)20(27)15-9-16(21)11-17(22)10-15/h9-11,18H,3-8,12H2,1-2H3. The van der Waals surface area contributed by atoms with Crippen molar-refractivity contribution in [2.24, 2.45) is 0 Å². The number of sulfone groups is 1. The predicted octanol–water partition coefficient (Wildman–Crippen LogP) is 3.13. The van der Waals surface area contributed by atoms with Gasteiger partial charge in [-0.25, -0.2) is 8.42 Å². The van der Waals surface area contributed by atoms with Crippen LogP contribution in [0, 0.1) is 13.8 Å². The molecule has 0 aliphatic carbocycles. The van der Waals surface area contributed by atoms with E-state index in [0.717, 1.165) is 17.1 Å². The van der Waals surface area contributed by atoms with Crippen molar-refractivity contribution < 1.29 is 13.2 Å². The zero-order valence-corrected chi connectivity index (χ0v) is 19.3. The predicted molar refractivity (Wildman–Crippen MR) is 119 cm³/mol. The number of amides is 1. The Morgan fingerprint density at radius 2 is 1.70 bits per heavy atom. The van der Waals surface area contributed by atoms with E-state index in [2.05, 4.69) is 10.00 Å². The number of hydrogen-bond acceptors (Lipinski definition) is 5. The van der Waals surface area contributed by atoms with Crippen LogP contribution in [-0.4, -0.2) is 66.7 Å². The van der Waals surface area contributed by atoms with E-state index in [0.29, 0.717) is 48.2 Å². The first-order chi connectivity index (χ1) is 14.1. The maximum atomic E-state index is 12.8. The average Bonchev–Trinajstić information content (AvgIpc) is 3.18. The zero-order valence-electron chi connectivity index (χ0n) is 16.9.